The molecule has 2 saturated carbocycles. The zero-order valence-electron chi connectivity index (χ0n) is 14.6. The fraction of sp³-hybridized carbons (Fsp3) is 0.381. The SMILES string of the molecule is CC1(C)[C@]2(C(=O)Oc3cccc4ccccc34)CC[C@]1(C)C(=O)C2=O. The highest BCUT2D eigenvalue weighted by molar-refractivity contribution is 6.48. The Labute approximate surface area is 146 Å². The molecule has 2 atom stereocenters. The lowest BCUT2D eigenvalue weighted by molar-refractivity contribution is -0.157. The van der Waals surface area contributed by atoms with Crippen molar-refractivity contribution in [2.75, 3.05) is 0 Å². The molecule has 0 N–H and O–H groups in total. The highest BCUT2D eigenvalue weighted by Gasteiger charge is 2.78. The summed E-state index contributed by atoms with van der Waals surface area (Å²) in [4.78, 5) is 38.4. The molecule has 0 unspecified atom stereocenters. The van der Waals surface area contributed by atoms with Gasteiger partial charge in [-0.3, -0.25) is 14.4 Å². The van der Waals surface area contributed by atoms with E-state index < -0.39 is 33.8 Å². The van der Waals surface area contributed by atoms with E-state index in [4.69, 9.17) is 4.74 Å². The van der Waals surface area contributed by atoms with Gasteiger partial charge in [0.25, 0.3) is 0 Å². The van der Waals surface area contributed by atoms with Crippen molar-refractivity contribution in [3.8, 4) is 5.75 Å². The van der Waals surface area contributed by atoms with Crippen LogP contribution in [-0.2, 0) is 14.4 Å². The van der Waals surface area contributed by atoms with E-state index in [1.807, 2.05) is 50.2 Å². The van der Waals surface area contributed by atoms with E-state index in [1.165, 1.54) is 0 Å². The first-order valence-electron chi connectivity index (χ1n) is 8.55. The van der Waals surface area contributed by atoms with Crippen LogP contribution in [0.5, 0.6) is 5.75 Å². The average Bonchev–Trinajstić information content (AvgIpc) is 2.87. The number of ketones is 2. The normalized spacial score (nSPS) is 30.0. The van der Waals surface area contributed by atoms with Crippen molar-refractivity contribution in [3.05, 3.63) is 42.5 Å². The smallest absolute Gasteiger partial charge is 0.326 e. The Bertz CT molecular complexity index is 937. The monoisotopic (exact) mass is 336 g/mol. The van der Waals surface area contributed by atoms with Gasteiger partial charge in [0.15, 0.2) is 0 Å². The van der Waals surface area contributed by atoms with Gasteiger partial charge in [0.05, 0.1) is 0 Å². The number of fused-ring (bicyclic) bond motifs is 3. The lowest BCUT2D eigenvalue weighted by Gasteiger charge is -2.36. The molecular weight excluding hydrogens is 316 g/mol. The predicted molar refractivity (Wildman–Crippen MR) is 93.2 cm³/mol. The zero-order chi connectivity index (χ0) is 18.0. The van der Waals surface area contributed by atoms with Gasteiger partial charge in [-0.25, -0.2) is 0 Å². The minimum absolute atomic E-state index is 0.366. The van der Waals surface area contributed by atoms with Crippen molar-refractivity contribution in [2.45, 2.75) is 33.6 Å². The molecule has 2 aromatic carbocycles. The summed E-state index contributed by atoms with van der Waals surface area (Å²) in [7, 11) is 0. The van der Waals surface area contributed by atoms with E-state index in [1.54, 1.807) is 13.0 Å². The molecule has 0 amide bonds. The quantitative estimate of drug-likeness (QED) is 0.363. The first kappa shape index (κ1) is 16.0. The van der Waals surface area contributed by atoms with Crippen LogP contribution >= 0.6 is 0 Å². The van der Waals surface area contributed by atoms with Crippen LogP contribution < -0.4 is 4.74 Å². The molecule has 2 aromatic rings. The molecule has 0 radical (unpaired) electrons. The third-order valence-electron chi connectivity index (χ3n) is 6.84. The lowest BCUT2D eigenvalue weighted by Crippen LogP contribution is -2.47. The minimum atomic E-state index is -1.38. The molecule has 2 fully saturated rings. The minimum Gasteiger partial charge on any atom is -0.425 e. The second kappa shape index (κ2) is 4.78. The Balaban J connectivity index is 1.79. The van der Waals surface area contributed by atoms with Gasteiger partial charge in [0, 0.05) is 16.2 Å². The third-order valence-corrected chi connectivity index (χ3v) is 6.84. The second-order valence-electron chi connectivity index (χ2n) is 7.89. The molecule has 4 nitrogen and oxygen atoms in total. The number of benzene rings is 2. The number of Topliss-reactive ketones (excluding diaryl/α,β-unsaturated/α-hetero) is 2. The number of esters is 1. The van der Waals surface area contributed by atoms with Gasteiger partial charge < -0.3 is 4.74 Å². The highest BCUT2D eigenvalue weighted by Crippen LogP contribution is 2.69. The van der Waals surface area contributed by atoms with Gasteiger partial charge in [0.2, 0.25) is 11.6 Å². The third kappa shape index (κ3) is 1.69. The lowest BCUT2D eigenvalue weighted by atomic mass is 9.65. The Hall–Kier alpha value is -2.49. The Morgan fingerprint density at radius 1 is 0.920 bits per heavy atom. The fourth-order valence-corrected chi connectivity index (χ4v) is 4.69. The van der Waals surface area contributed by atoms with E-state index in [0.29, 0.717) is 18.6 Å². The summed E-state index contributed by atoms with van der Waals surface area (Å²) in [5.41, 5.74) is -2.92. The van der Waals surface area contributed by atoms with Crippen molar-refractivity contribution < 1.29 is 19.1 Å². The highest BCUT2D eigenvalue weighted by atomic mass is 16.5. The Kier molecular flexibility index (Phi) is 3.06. The average molecular weight is 336 g/mol. The Morgan fingerprint density at radius 2 is 1.60 bits per heavy atom. The van der Waals surface area contributed by atoms with Crippen LogP contribution in [0.2, 0.25) is 0 Å². The Morgan fingerprint density at radius 3 is 2.28 bits per heavy atom. The van der Waals surface area contributed by atoms with Crippen LogP contribution in [0.25, 0.3) is 10.8 Å². The van der Waals surface area contributed by atoms with Crippen molar-refractivity contribution in [2.24, 2.45) is 16.2 Å². The molecule has 0 heterocycles. The molecule has 0 aromatic heterocycles. The number of carbonyl (C=O) groups is 3. The maximum absolute atomic E-state index is 13.2. The summed E-state index contributed by atoms with van der Waals surface area (Å²) in [6.07, 6.45) is 0.903. The van der Waals surface area contributed by atoms with E-state index in [0.717, 1.165) is 10.8 Å². The predicted octanol–water partition coefficient (Wildman–Crippen LogP) is 3.71. The summed E-state index contributed by atoms with van der Waals surface area (Å²) in [5, 5.41) is 1.76. The maximum atomic E-state index is 13.2. The van der Waals surface area contributed by atoms with Crippen molar-refractivity contribution >= 4 is 28.3 Å². The van der Waals surface area contributed by atoms with Crippen LogP contribution in [0.15, 0.2) is 42.5 Å². The molecule has 4 heteroatoms. The largest absolute Gasteiger partial charge is 0.425 e. The van der Waals surface area contributed by atoms with Gasteiger partial charge in [-0.1, -0.05) is 57.2 Å². The fourth-order valence-electron chi connectivity index (χ4n) is 4.69. The van der Waals surface area contributed by atoms with Gasteiger partial charge in [-0.05, 0) is 24.3 Å². The van der Waals surface area contributed by atoms with Crippen LogP contribution in [-0.4, -0.2) is 17.5 Å². The summed E-state index contributed by atoms with van der Waals surface area (Å²) in [6.45, 7) is 5.48. The zero-order valence-corrected chi connectivity index (χ0v) is 14.6. The van der Waals surface area contributed by atoms with Gasteiger partial charge in [-0.15, -0.1) is 0 Å². The topological polar surface area (TPSA) is 60.4 Å². The molecule has 0 aliphatic heterocycles. The molecule has 4 rings (SSSR count). The summed E-state index contributed by atoms with van der Waals surface area (Å²) in [6, 6.07) is 13.1. The van der Waals surface area contributed by atoms with Gasteiger partial charge in [-0.2, -0.15) is 0 Å². The van der Waals surface area contributed by atoms with Gasteiger partial charge in [0.1, 0.15) is 11.2 Å². The molecule has 2 aliphatic rings. The van der Waals surface area contributed by atoms with Crippen LogP contribution in [0.3, 0.4) is 0 Å². The van der Waals surface area contributed by atoms with Crippen molar-refractivity contribution in [3.63, 3.8) is 0 Å². The summed E-state index contributed by atoms with van der Waals surface area (Å²) in [5.74, 6) is -1.20. The standard InChI is InChI=1S/C21H20O4/c1-19(2)20(3)11-12-21(19,17(23)16(20)22)18(24)25-15-10-6-8-13-7-4-5-9-14(13)15/h4-10H,11-12H2,1-3H3/t20-,21-/m1/s1. The van der Waals surface area contributed by atoms with E-state index >= 15 is 0 Å². The van der Waals surface area contributed by atoms with Crippen LogP contribution in [0, 0.1) is 16.2 Å². The van der Waals surface area contributed by atoms with E-state index in [-0.39, 0.29) is 0 Å². The number of rotatable bonds is 2. The number of hydrogen-bond donors (Lipinski definition) is 0. The van der Waals surface area contributed by atoms with Crippen molar-refractivity contribution in [1.82, 2.24) is 0 Å². The number of ether oxygens (including phenoxy) is 1. The molecule has 2 aliphatic carbocycles. The second-order valence-corrected chi connectivity index (χ2v) is 7.89. The first-order chi connectivity index (χ1) is 11.8. The van der Waals surface area contributed by atoms with E-state index in [9.17, 15) is 14.4 Å². The van der Waals surface area contributed by atoms with Gasteiger partial charge >= 0.3 is 5.97 Å². The molecule has 25 heavy (non-hydrogen) atoms. The first-order valence-corrected chi connectivity index (χ1v) is 8.55. The van der Waals surface area contributed by atoms with Crippen LogP contribution in [0.1, 0.15) is 33.6 Å². The molecular formula is C21H20O4. The summed E-state index contributed by atoms with van der Waals surface area (Å²) < 4.78 is 5.72. The number of carbonyl (C=O) groups excluding carboxylic acids is 3. The molecule has 0 spiro atoms. The van der Waals surface area contributed by atoms with E-state index in [2.05, 4.69) is 0 Å². The van der Waals surface area contributed by atoms with Crippen molar-refractivity contribution in [1.29, 1.82) is 0 Å². The molecule has 128 valence electrons. The number of hydrogen-bond acceptors (Lipinski definition) is 4. The van der Waals surface area contributed by atoms with Crippen LogP contribution in [0.4, 0.5) is 0 Å². The molecule has 2 bridgehead atoms. The molecule has 0 saturated heterocycles. The summed E-state index contributed by atoms with van der Waals surface area (Å²) >= 11 is 0. The maximum Gasteiger partial charge on any atom is 0.326 e.